The van der Waals surface area contributed by atoms with Gasteiger partial charge in [0.1, 0.15) is 5.52 Å². The van der Waals surface area contributed by atoms with Crippen molar-refractivity contribution < 1.29 is 4.92 Å². The highest BCUT2D eigenvalue weighted by Crippen LogP contribution is 2.18. The first-order chi connectivity index (χ1) is 7.22. The molecule has 0 N–H and O–H groups in total. The molecule has 2 aromatic rings. The maximum Gasteiger partial charge on any atom is 0.271 e. The lowest BCUT2D eigenvalue weighted by Gasteiger charge is -1.96. The zero-order valence-electron chi connectivity index (χ0n) is 7.83. The van der Waals surface area contributed by atoms with Gasteiger partial charge in [0.05, 0.1) is 17.0 Å². The van der Waals surface area contributed by atoms with Crippen LogP contribution in [0, 0.1) is 10.1 Å². The Morgan fingerprint density at radius 2 is 2.40 bits per heavy atom. The fraction of sp³-hybridized carbons (Fsp3) is 0.111. The lowest BCUT2D eigenvalue weighted by Crippen LogP contribution is -1.97. The summed E-state index contributed by atoms with van der Waals surface area (Å²) in [4.78, 5) is 10.1. The van der Waals surface area contributed by atoms with E-state index in [2.05, 4.69) is 16.9 Å². The van der Waals surface area contributed by atoms with E-state index in [4.69, 9.17) is 0 Å². The molecule has 0 aliphatic rings. The number of rotatable bonds is 3. The van der Waals surface area contributed by atoms with E-state index in [1.54, 1.807) is 16.8 Å². The normalized spacial score (nSPS) is 10.4. The zero-order valence-corrected chi connectivity index (χ0v) is 7.83. The van der Waals surface area contributed by atoms with Crippen LogP contribution in [0.1, 0.15) is 0 Å². The molecule has 0 atom stereocenters. The molecule has 2 rings (SSSR count). The van der Waals surface area contributed by atoms with Crippen LogP contribution in [0.5, 0.6) is 0 Å². The van der Waals surface area contributed by atoms with Gasteiger partial charge in [0, 0.05) is 12.1 Å². The number of fused-ring (bicyclic) bond motifs is 1. The molecule has 0 bridgehead atoms. The molecule has 1 aromatic carbocycles. The summed E-state index contributed by atoms with van der Waals surface area (Å²) >= 11 is 0. The van der Waals surface area contributed by atoms with Crippen LogP contribution in [0.25, 0.3) is 11.0 Å². The molecule has 0 aliphatic carbocycles. The highest BCUT2D eigenvalue weighted by Gasteiger charge is 2.10. The molecule has 76 valence electrons. The highest BCUT2D eigenvalue weighted by atomic mass is 16.6. The molecular weight excluding hydrogens is 196 g/mol. The van der Waals surface area contributed by atoms with E-state index in [1.807, 2.05) is 0 Å². The molecule has 6 heteroatoms. The zero-order chi connectivity index (χ0) is 10.8. The monoisotopic (exact) mass is 204 g/mol. The summed E-state index contributed by atoms with van der Waals surface area (Å²) in [5.74, 6) is 0. The van der Waals surface area contributed by atoms with Gasteiger partial charge in [0.2, 0.25) is 0 Å². The van der Waals surface area contributed by atoms with Gasteiger partial charge in [-0.1, -0.05) is 11.3 Å². The van der Waals surface area contributed by atoms with Crippen molar-refractivity contribution in [2.24, 2.45) is 0 Å². The van der Waals surface area contributed by atoms with Crippen molar-refractivity contribution in [2.75, 3.05) is 0 Å². The first-order valence-electron chi connectivity index (χ1n) is 4.31. The number of hydrogen-bond acceptors (Lipinski definition) is 4. The van der Waals surface area contributed by atoms with E-state index in [1.165, 1.54) is 12.1 Å². The van der Waals surface area contributed by atoms with Crippen molar-refractivity contribution in [1.29, 1.82) is 0 Å². The number of nitro groups is 1. The lowest BCUT2D eigenvalue weighted by atomic mass is 10.3. The molecule has 0 saturated carbocycles. The Morgan fingerprint density at radius 3 is 3.07 bits per heavy atom. The summed E-state index contributed by atoms with van der Waals surface area (Å²) in [6.45, 7) is 4.06. The molecule has 0 saturated heterocycles. The minimum absolute atomic E-state index is 0.0371. The fourth-order valence-corrected chi connectivity index (χ4v) is 1.32. The van der Waals surface area contributed by atoms with Gasteiger partial charge in [0.25, 0.3) is 5.69 Å². The van der Waals surface area contributed by atoms with Crippen LogP contribution in [0.2, 0.25) is 0 Å². The standard InChI is InChI=1S/C9H8N4O2/c1-2-5-12-9-6-7(13(14)15)3-4-8(9)10-11-12/h2-4,6H,1,5H2. The van der Waals surface area contributed by atoms with Gasteiger partial charge in [-0.15, -0.1) is 11.7 Å². The quantitative estimate of drug-likeness (QED) is 0.431. The topological polar surface area (TPSA) is 73.8 Å². The van der Waals surface area contributed by atoms with Crippen molar-refractivity contribution >= 4 is 16.7 Å². The van der Waals surface area contributed by atoms with E-state index in [0.717, 1.165) is 0 Å². The number of nitrogens with zero attached hydrogens (tertiary/aromatic N) is 4. The average Bonchev–Trinajstić information content (AvgIpc) is 2.61. The van der Waals surface area contributed by atoms with Crippen LogP contribution in [-0.4, -0.2) is 19.9 Å². The average molecular weight is 204 g/mol. The van der Waals surface area contributed by atoms with E-state index in [-0.39, 0.29) is 5.69 Å². The number of nitro benzene ring substituents is 1. The first-order valence-corrected chi connectivity index (χ1v) is 4.31. The Labute approximate surface area is 85.0 Å². The number of allylic oxidation sites excluding steroid dienone is 1. The summed E-state index contributed by atoms with van der Waals surface area (Å²) in [6.07, 6.45) is 1.66. The van der Waals surface area contributed by atoms with Gasteiger partial charge in [-0.05, 0) is 6.07 Å². The van der Waals surface area contributed by atoms with Crippen LogP contribution in [0.3, 0.4) is 0 Å². The highest BCUT2D eigenvalue weighted by molar-refractivity contribution is 5.77. The van der Waals surface area contributed by atoms with Crippen LogP contribution in [0.15, 0.2) is 30.9 Å². The minimum atomic E-state index is -0.440. The molecule has 6 nitrogen and oxygen atoms in total. The van der Waals surface area contributed by atoms with Crippen molar-refractivity contribution in [1.82, 2.24) is 15.0 Å². The second kappa shape index (κ2) is 3.49. The minimum Gasteiger partial charge on any atom is -0.258 e. The number of aromatic nitrogens is 3. The van der Waals surface area contributed by atoms with Crippen molar-refractivity contribution in [3.8, 4) is 0 Å². The number of non-ortho nitro benzene ring substituents is 1. The molecule has 0 fully saturated rings. The van der Waals surface area contributed by atoms with E-state index < -0.39 is 4.92 Å². The predicted molar refractivity (Wildman–Crippen MR) is 54.4 cm³/mol. The van der Waals surface area contributed by atoms with Crippen molar-refractivity contribution in [3.05, 3.63) is 41.0 Å². The molecule has 0 amide bonds. The molecule has 0 unspecified atom stereocenters. The Hall–Kier alpha value is -2.24. The third kappa shape index (κ3) is 1.56. The van der Waals surface area contributed by atoms with Gasteiger partial charge in [-0.25, -0.2) is 4.68 Å². The van der Waals surface area contributed by atoms with E-state index in [9.17, 15) is 10.1 Å². The molecule has 0 aliphatic heterocycles. The van der Waals surface area contributed by atoms with Gasteiger partial charge in [-0.2, -0.15) is 0 Å². The van der Waals surface area contributed by atoms with E-state index >= 15 is 0 Å². The van der Waals surface area contributed by atoms with Gasteiger partial charge in [-0.3, -0.25) is 10.1 Å². The smallest absolute Gasteiger partial charge is 0.258 e. The van der Waals surface area contributed by atoms with Crippen LogP contribution < -0.4 is 0 Å². The van der Waals surface area contributed by atoms with Crippen molar-refractivity contribution in [3.63, 3.8) is 0 Å². The Balaban J connectivity index is 2.60. The summed E-state index contributed by atoms with van der Waals surface area (Å²) in [7, 11) is 0. The molecule has 1 aromatic heterocycles. The molecule has 1 heterocycles. The maximum atomic E-state index is 10.6. The summed E-state index contributed by atoms with van der Waals surface area (Å²) in [5.41, 5.74) is 1.32. The second-order valence-electron chi connectivity index (χ2n) is 2.99. The molecular formula is C9H8N4O2. The predicted octanol–water partition coefficient (Wildman–Crippen LogP) is 1.53. The Morgan fingerprint density at radius 1 is 1.60 bits per heavy atom. The van der Waals surface area contributed by atoms with Crippen molar-refractivity contribution in [2.45, 2.75) is 6.54 Å². The van der Waals surface area contributed by atoms with Crippen LogP contribution >= 0.6 is 0 Å². The third-order valence-corrected chi connectivity index (χ3v) is 2.01. The van der Waals surface area contributed by atoms with Gasteiger partial charge in [0.15, 0.2) is 0 Å². The Kier molecular flexibility index (Phi) is 2.17. The van der Waals surface area contributed by atoms with Gasteiger partial charge < -0.3 is 0 Å². The second-order valence-corrected chi connectivity index (χ2v) is 2.99. The number of hydrogen-bond donors (Lipinski definition) is 0. The summed E-state index contributed by atoms with van der Waals surface area (Å²) in [6, 6.07) is 4.45. The molecule has 15 heavy (non-hydrogen) atoms. The molecule has 0 spiro atoms. The third-order valence-electron chi connectivity index (χ3n) is 2.01. The first kappa shape index (κ1) is 9.32. The van der Waals surface area contributed by atoms with Crippen LogP contribution in [0.4, 0.5) is 5.69 Å². The SMILES string of the molecule is C=CCn1nnc2ccc([N+](=O)[O-])cc21. The summed E-state index contributed by atoms with van der Waals surface area (Å²) in [5, 5.41) is 18.3. The fourth-order valence-electron chi connectivity index (χ4n) is 1.32. The summed E-state index contributed by atoms with van der Waals surface area (Å²) < 4.78 is 1.56. The largest absolute Gasteiger partial charge is 0.271 e. The van der Waals surface area contributed by atoms with Crippen LogP contribution in [-0.2, 0) is 6.54 Å². The maximum absolute atomic E-state index is 10.6. The Bertz CT molecular complexity index is 532. The number of benzene rings is 1. The lowest BCUT2D eigenvalue weighted by molar-refractivity contribution is -0.384. The molecule has 0 radical (unpaired) electrons. The van der Waals surface area contributed by atoms with Gasteiger partial charge >= 0.3 is 0 Å². The van der Waals surface area contributed by atoms with E-state index in [0.29, 0.717) is 17.6 Å².